The zero-order valence-electron chi connectivity index (χ0n) is 26.9. The van der Waals surface area contributed by atoms with Gasteiger partial charge in [0.2, 0.25) is 0 Å². The molecule has 232 valence electrons. The number of rotatable bonds is 3. The molecule has 3 heterocycles. The second-order valence-electron chi connectivity index (χ2n) is 14.8. The number of para-hydroxylation sites is 1. The third kappa shape index (κ3) is 3.78. The minimum absolute atomic E-state index is 0.0257. The molecule has 1 fully saturated rings. The molecule has 3 aliphatic heterocycles. The molecule has 0 radical (unpaired) electrons. The lowest BCUT2D eigenvalue weighted by Crippen LogP contribution is -2.60. The number of nitrogens with zero attached hydrogens (tertiary/aromatic N) is 2. The van der Waals surface area contributed by atoms with E-state index >= 15 is 0 Å². The molecule has 6 unspecified atom stereocenters. The highest BCUT2D eigenvalue weighted by molar-refractivity contribution is 8.04. The first-order valence-corrected chi connectivity index (χ1v) is 18.9. The van der Waals surface area contributed by atoms with Crippen molar-refractivity contribution in [3.8, 4) is 0 Å². The zero-order valence-corrected chi connectivity index (χ0v) is 27.8. The van der Waals surface area contributed by atoms with E-state index in [1.165, 1.54) is 54.6 Å². The van der Waals surface area contributed by atoms with Crippen molar-refractivity contribution in [3.05, 3.63) is 147 Å². The SMILES string of the molecule is CC12C3=CCCC=C3N(c3ccccc3)C1C1C(C3=C(C=CCC3)N1C1C=CC(C3=CCCC=C3)=CC1)C1=C2S[C@@H]2C=CCCC12. The van der Waals surface area contributed by atoms with Gasteiger partial charge in [0, 0.05) is 33.7 Å². The van der Waals surface area contributed by atoms with Gasteiger partial charge in [-0.15, -0.1) is 11.8 Å². The Morgan fingerprint density at radius 2 is 1.65 bits per heavy atom. The molecular weight excluding hydrogens is 577 g/mol. The smallest absolute Gasteiger partial charge is 0.0695 e. The Morgan fingerprint density at radius 3 is 2.50 bits per heavy atom. The first-order chi connectivity index (χ1) is 22.7. The predicted molar refractivity (Wildman–Crippen MR) is 193 cm³/mol. The number of fused-ring (bicyclic) bond motifs is 10. The Hall–Kier alpha value is -3.43. The summed E-state index contributed by atoms with van der Waals surface area (Å²) in [7, 11) is 0. The number of benzene rings is 1. The third-order valence-corrected chi connectivity index (χ3v) is 14.2. The molecule has 10 rings (SSSR count). The maximum atomic E-state index is 2.96. The van der Waals surface area contributed by atoms with E-state index < -0.39 is 0 Å². The Balaban J connectivity index is 1.17. The van der Waals surface area contributed by atoms with Crippen molar-refractivity contribution in [1.82, 2.24) is 4.90 Å². The van der Waals surface area contributed by atoms with E-state index in [9.17, 15) is 0 Å². The second kappa shape index (κ2) is 10.5. The van der Waals surface area contributed by atoms with Gasteiger partial charge in [-0.05, 0) is 122 Å². The van der Waals surface area contributed by atoms with Crippen molar-refractivity contribution in [3.63, 3.8) is 0 Å². The van der Waals surface area contributed by atoms with Gasteiger partial charge in [0.05, 0.1) is 18.1 Å². The van der Waals surface area contributed by atoms with Gasteiger partial charge in [-0.1, -0.05) is 85.0 Å². The van der Waals surface area contributed by atoms with Crippen molar-refractivity contribution >= 4 is 17.4 Å². The van der Waals surface area contributed by atoms with Crippen LogP contribution in [-0.2, 0) is 0 Å². The van der Waals surface area contributed by atoms with E-state index in [2.05, 4.69) is 132 Å². The molecule has 1 saturated heterocycles. The highest BCUT2D eigenvalue weighted by Crippen LogP contribution is 2.70. The van der Waals surface area contributed by atoms with E-state index in [0.717, 1.165) is 25.7 Å². The molecule has 1 aromatic rings. The van der Waals surface area contributed by atoms with Crippen LogP contribution in [-0.4, -0.2) is 28.3 Å². The lowest BCUT2D eigenvalue weighted by molar-refractivity contribution is 0.141. The van der Waals surface area contributed by atoms with Crippen molar-refractivity contribution in [1.29, 1.82) is 0 Å². The van der Waals surface area contributed by atoms with E-state index in [1.54, 1.807) is 21.7 Å². The first kappa shape index (κ1) is 27.7. The predicted octanol–water partition coefficient (Wildman–Crippen LogP) is 10.3. The van der Waals surface area contributed by atoms with Gasteiger partial charge < -0.3 is 9.80 Å². The molecule has 6 aliphatic carbocycles. The third-order valence-electron chi connectivity index (χ3n) is 12.5. The number of anilines is 1. The Morgan fingerprint density at radius 1 is 0.804 bits per heavy atom. The fraction of sp³-hybridized carbons (Fsp3) is 0.395. The van der Waals surface area contributed by atoms with Gasteiger partial charge in [0.25, 0.3) is 0 Å². The lowest BCUT2D eigenvalue weighted by Gasteiger charge is -2.52. The maximum absolute atomic E-state index is 2.96. The van der Waals surface area contributed by atoms with Crippen LogP contribution in [0.15, 0.2) is 147 Å². The van der Waals surface area contributed by atoms with Gasteiger partial charge in [-0.3, -0.25) is 0 Å². The summed E-state index contributed by atoms with van der Waals surface area (Å²) in [4.78, 5) is 7.52. The van der Waals surface area contributed by atoms with Crippen LogP contribution in [0.1, 0.15) is 64.7 Å². The van der Waals surface area contributed by atoms with Crippen LogP contribution >= 0.6 is 11.8 Å². The molecule has 3 heteroatoms. The number of allylic oxidation sites excluding steroid dienone is 12. The molecule has 2 nitrogen and oxygen atoms in total. The van der Waals surface area contributed by atoms with E-state index in [1.807, 2.05) is 5.57 Å². The van der Waals surface area contributed by atoms with Crippen LogP contribution < -0.4 is 4.90 Å². The fourth-order valence-corrected chi connectivity index (χ4v) is 12.5. The summed E-state index contributed by atoms with van der Waals surface area (Å²) in [5.41, 5.74) is 12.4. The minimum Gasteiger partial charge on any atom is -0.359 e. The van der Waals surface area contributed by atoms with Crippen LogP contribution in [0, 0.1) is 17.3 Å². The summed E-state index contributed by atoms with van der Waals surface area (Å²) in [6, 6.07) is 12.5. The summed E-state index contributed by atoms with van der Waals surface area (Å²) < 4.78 is 0. The van der Waals surface area contributed by atoms with Crippen molar-refractivity contribution < 1.29 is 0 Å². The Labute approximate surface area is 279 Å². The number of hydrogen-bond acceptors (Lipinski definition) is 3. The maximum Gasteiger partial charge on any atom is 0.0695 e. The molecule has 0 saturated carbocycles. The van der Waals surface area contributed by atoms with Gasteiger partial charge >= 0.3 is 0 Å². The molecule has 1 aromatic carbocycles. The average Bonchev–Trinajstić information content (AvgIpc) is 3.76. The van der Waals surface area contributed by atoms with Crippen LogP contribution in [0.2, 0.25) is 0 Å². The average molecular weight is 621 g/mol. The van der Waals surface area contributed by atoms with Crippen molar-refractivity contribution in [2.45, 2.75) is 88.1 Å². The molecule has 0 N–H and O–H groups in total. The summed E-state index contributed by atoms with van der Waals surface area (Å²) in [6.45, 7) is 2.66. The van der Waals surface area contributed by atoms with Crippen molar-refractivity contribution in [2.75, 3.05) is 4.90 Å². The van der Waals surface area contributed by atoms with Crippen molar-refractivity contribution in [2.24, 2.45) is 17.3 Å². The quantitative estimate of drug-likeness (QED) is 0.311. The summed E-state index contributed by atoms with van der Waals surface area (Å²) in [5.74, 6) is 1.16. The molecule has 46 heavy (non-hydrogen) atoms. The molecule has 0 bridgehead atoms. The largest absolute Gasteiger partial charge is 0.359 e. The standard InChI is InChI=1S/C43H44N2S/c1-43-34-20-10-12-22-36(34)45(30-16-6-3-7-17-30)41(43)40-38(39-33-19-9-13-23-37(33)46-42(39)43)32-18-8-11-21-35(32)44(40)31-26-24-29(25-27-31)28-14-4-2-5-15-28/h3-4,6-7,11,13-17,20-26,31,33,37-38,40-41H,2,5,8-10,12,18-19,27H2,1H3/t31?,33?,37-,38?,40?,41?,43?/m1/s1. The fourth-order valence-electron chi connectivity index (χ4n) is 10.7. The number of hydrogen-bond donors (Lipinski definition) is 0. The van der Waals surface area contributed by atoms with Gasteiger partial charge in [0.1, 0.15) is 0 Å². The topological polar surface area (TPSA) is 6.48 Å². The van der Waals surface area contributed by atoms with E-state index in [0.29, 0.717) is 35.2 Å². The molecule has 9 aliphatic rings. The Bertz CT molecular complexity index is 1810. The van der Waals surface area contributed by atoms with Gasteiger partial charge in [-0.2, -0.15) is 0 Å². The van der Waals surface area contributed by atoms with E-state index in [-0.39, 0.29) is 5.41 Å². The first-order valence-electron chi connectivity index (χ1n) is 18.0. The monoisotopic (exact) mass is 620 g/mol. The summed E-state index contributed by atoms with van der Waals surface area (Å²) in [5, 5.41) is 0.589. The minimum atomic E-state index is -0.0257. The van der Waals surface area contributed by atoms with Crippen LogP contribution in [0.3, 0.4) is 0 Å². The lowest BCUT2D eigenvalue weighted by atomic mass is 9.60. The highest BCUT2D eigenvalue weighted by Gasteiger charge is 2.67. The van der Waals surface area contributed by atoms with Gasteiger partial charge in [0.15, 0.2) is 0 Å². The van der Waals surface area contributed by atoms with E-state index in [4.69, 9.17) is 0 Å². The zero-order chi connectivity index (χ0) is 30.4. The molecule has 0 amide bonds. The summed E-state index contributed by atoms with van der Waals surface area (Å²) >= 11 is 2.25. The van der Waals surface area contributed by atoms with Gasteiger partial charge in [-0.25, -0.2) is 0 Å². The normalized spacial score (nSPS) is 36.8. The molecule has 0 spiro atoms. The van der Waals surface area contributed by atoms with Crippen LogP contribution in [0.25, 0.3) is 0 Å². The number of thioether (sulfide) groups is 1. The second-order valence-corrected chi connectivity index (χ2v) is 16.0. The Kier molecular flexibility index (Phi) is 6.34. The molecule has 0 aromatic heterocycles. The van der Waals surface area contributed by atoms with Crippen LogP contribution in [0.4, 0.5) is 5.69 Å². The molecule has 7 atom stereocenters. The van der Waals surface area contributed by atoms with Crippen LogP contribution in [0.5, 0.6) is 0 Å². The molecular formula is C43H44N2S. The highest BCUT2D eigenvalue weighted by atomic mass is 32.2. The summed E-state index contributed by atoms with van der Waals surface area (Å²) in [6.07, 6.45) is 40.5.